The Morgan fingerprint density at radius 1 is 1.08 bits per heavy atom. The average molecular weight is 359 g/mol. The van der Waals surface area contributed by atoms with Gasteiger partial charge in [0, 0.05) is 0 Å². The smallest absolute Gasteiger partial charge is 0.293 e. The first kappa shape index (κ1) is 17.0. The van der Waals surface area contributed by atoms with Crippen LogP contribution in [0, 0.1) is 5.82 Å². The number of thioether (sulfide) groups is 1. The third-order valence-corrected chi connectivity index (χ3v) is 4.37. The Balaban J connectivity index is 1.61. The van der Waals surface area contributed by atoms with Crippen molar-refractivity contribution in [2.75, 3.05) is 13.2 Å². The molecule has 25 heavy (non-hydrogen) atoms. The molecule has 0 bridgehead atoms. The van der Waals surface area contributed by atoms with E-state index in [9.17, 15) is 19.1 Å². The molecule has 1 heterocycles. The highest BCUT2D eigenvalue weighted by Gasteiger charge is 2.34. The lowest BCUT2D eigenvalue weighted by Crippen LogP contribution is -2.32. The van der Waals surface area contributed by atoms with E-state index in [1.807, 2.05) is 0 Å². The number of benzene rings is 2. The first-order valence-electron chi connectivity index (χ1n) is 7.46. The highest BCUT2D eigenvalue weighted by atomic mass is 32.2. The Morgan fingerprint density at radius 2 is 1.76 bits per heavy atom. The van der Waals surface area contributed by atoms with Crippen LogP contribution in [0.4, 0.5) is 9.18 Å². The summed E-state index contributed by atoms with van der Waals surface area (Å²) in [5.74, 6) is -0.153. The standard InChI is InChI=1S/C18H14FNO4S/c19-13-3-7-15(8-4-13)24-10-9-20-17(22)16(25-18(20)23)11-12-1-5-14(21)6-2-12/h1-8,11,21H,9-10H2/b16-11-. The monoisotopic (exact) mass is 359 g/mol. The zero-order chi connectivity index (χ0) is 17.8. The lowest BCUT2D eigenvalue weighted by atomic mass is 10.2. The molecule has 1 fully saturated rings. The minimum atomic E-state index is -0.384. The summed E-state index contributed by atoms with van der Waals surface area (Å²) in [5, 5.41) is 8.91. The number of hydrogen-bond acceptors (Lipinski definition) is 5. The summed E-state index contributed by atoms with van der Waals surface area (Å²) in [7, 11) is 0. The van der Waals surface area contributed by atoms with Gasteiger partial charge >= 0.3 is 0 Å². The van der Waals surface area contributed by atoms with E-state index >= 15 is 0 Å². The topological polar surface area (TPSA) is 66.8 Å². The van der Waals surface area contributed by atoms with Crippen molar-refractivity contribution >= 4 is 29.0 Å². The van der Waals surface area contributed by atoms with Gasteiger partial charge in [0.25, 0.3) is 11.1 Å². The minimum Gasteiger partial charge on any atom is -0.508 e. The predicted molar refractivity (Wildman–Crippen MR) is 92.7 cm³/mol. The van der Waals surface area contributed by atoms with Crippen molar-refractivity contribution in [2.24, 2.45) is 0 Å². The highest BCUT2D eigenvalue weighted by molar-refractivity contribution is 8.18. The van der Waals surface area contributed by atoms with Crippen molar-refractivity contribution in [3.05, 3.63) is 64.8 Å². The number of phenolic OH excluding ortho intramolecular Hbond substituents is 1. The summed E-state index contributed by atoms with van der Waals surface area (Å²) in [5.41, 5.74) is 0.714. The Kier molecular flexibility index (Phi) is 5.04. The average Bonchev–Trinajstić information content (AvgIpc) is 2.86. The largest absolute Gasteiger partial charge is 0.508 e. The molecule has 1 aliphatic rings. The van der Waals surface area contributed by atoms with Gasteiger partial charge in [-0.25, -0.2) is 4.39 Å². The van der Waals surface area contributed by atoms with Crippen molar-refractivity contribution in [2.45, 2.75) is 0 Å². The second-order valence-corrected chi connectivity index (χ2v) is 6.22. The Hall–Kier alpha value is -2.80. The summed E-state index contributed by atoms with van der Waals surface area (Å²) >= 11 is 0.860. The number of halogens is 1. The molecule has 1 N–H and O–H groups in total. The first-order valence-corrected chi connectivity index (χ1v) is 8.27. The van der Waals surface area contributed by atoms with Crippen molar-refractivity contribution in [1.82, 2.24) is 4.90 Å². The van der Waals surface area contributed by atoms with Crippen LogP contribution in [0.1, 0.15) is 5.56 Å². The van der Waals surface area contributed by atoms with Crippen LogP contribution in [0.15, 0.2) is 53.4 Å². The molecule has 0 atom stereocenters. The molecule has 3 rings (SSSR count). The van der Waals surface area contributed by atoms with E-state index in [1.54, 1.807) is 18.2 Å². The van der Waals surface area contributed by atoms with Crippen molar-refractivity contribution in [3.63, 3.8) is 0 Å². The van der Waals surface area contributed by atoms with Gasteiger partial charge in [-0.15, -0.1) is 0 Å². The van der Waals surface area contributed by atoms with E-state index in [0.29, 0.717) is 16.2 Å². The van der Waals surface area contributed by atoms with E-state index in [-0.39, 0.29) is 35.9 Å². The fraction of sp³-hybridized carbons (Fsp3) is 0.111. The zero-order valence-corrected chi connectivity index (χ0v) is 13.8. The molecular weight excluding hydrogens is 345 g/mol. The predicted octanol–water partition coefficient (Wildman–Crippen LogP) is 3.65. The molecule has 0 spiro atoms. The van der Waals surface area contributed by atoms with Crippen LogP contribution < -0.4 is 4.74 Å². The lowest BCUT2D eigenvalue weighted by molar-refractivity contribution is -0.123. The summed E-state index contributed by atoms with van der Waals surface area (Å²) in [6, 6.07) is 11.8. The van der Waals surface area contributed by atoms with Crippen LogP contribution in [0.3, 0.4) is 0 Å². The Labute approximate surface area is 147 Å². The summed E-state index contributed by atoms with van der Waals surface area (Å²) < 4.78 is 18.2. The van der Waals surface area contributed by atoms with Crippen molar-refractivity contribution in [1.29, 1.82) is 0 Å². The van der Waals surface area contributed by atoms with E-state index < -0.39 is 0 Å². The van der Waals surface area contributed by atoms with Gasteiger partial charge in [-0.1, -0.05) is 12.1 Å². The number of phenols is 1. The van der Waals surface area contributed by atoms with E-state index in [1.165, 1.54) is 36.4 Å². The Bertz CT molecular complexity index is 818. The van der Waals surface area contributed by atoms with E-state index in [2.05, 4.69) is 0 Å². The maximum atomic E-state index is 12.8. The molecule has 0 radical (unpaired) electrons. The number of amides is 2. The SMILES string of the molecule is O=C1S/C(=C\c2ccc(O)cc2)C(=O)N1CCOc1ccc(F)cc1. The van der Waals surface area contributed by atoms with Gasteiger partial charge in [-0.2, -0.15) is 0 Å². The fourth-order valence-electron chi connectivity index (χ4n) is 2.20. The van der Waals surface area contributed by atoms with Gasteiger partial charge in [0.15, 0.2) is 0 Å². The van der Waals surface area contributed by atoms with Crippen LogP contribution in [-0.2, 0) is 4.79 Å². The molecule has 2 aromatic rings. The molecule has 0 aromatic heterocycles. The number of carbonyl (C=O) groups excluding carboxylic acids is 2. The summed E-state index contributed by atoms with van der Waals surface area (Å²) in [6.07, 6.45) is 1.60. The molecule has 1 aliphatic heterocycles. The van der Waals surface area contributed by atoms with Gasteiger partial charge in [-0.05, 0) is 59.8 Å². The molecular formula is C18H14FNO4S. The number of rotatable bonds is 5. The summed E-state index contributed by atoms with van der Waals surface area (Å²) in [4.78, 5) is 25.8. The number of aromatic hydroxyl groups is 1. The molecule has 1 saturated heterocycles. The number of ether oxygens (including phenoxy) is 1. The van der Waals surface area contributed by atoms with Crippen LogP contribution in [0.5, 0.6) is 11.5 Å². The maximum Gasteiger partial charge on any atom is 0.293 e. The molecule has 128 valence electrons. The summed E-state index contributed by atoms with van der Waals surface area (Å²) in [6.45, 7) is 0.227. The number of carbonyl (C=O) groups is 2. The molecule has 7 heteroatoms. The van der Waals surface area contributed by atoms with Gasteiger partial charge < -0.3 is 9.84 Å². The normalized spacial score (nSPS) is 15.9. The third-order valence-electron chi connectivity index (χ3n) is 3.46. The second kappa shape index (κ2) is 7.40. The van der Waals surface area contributed by atoms with Gasteiger partial charge in [-0.3, -0.25) is 14.5 Å². The molecule has 2 amide bonds. The van der Waals surface area contributed by atoms with Crippen LogP contribution >= 0.6 is 11.8 Å². The van der Waals surface area contributed by atoms with Crippen LogP contribution in [0.2, 0.25) is 0 Å². The molecule has 0 unspecified atom stereocenters. The molecule has 5 nitrogen and oxygen atoms in total. The lowest BCUT2D eigenvalue weighted by Gasteiger charge is -2.13. The minimum absolute atomic E-state index is 0.106. The fourth-order valence-corrected chi connectivity index (χ4v) is 3.07. The van der Waals surface area contributed by atoms with Gasteiger partial charge in [0.2, 0.25) is 0 Å². The quantitative estimate of drug-likeness (QED) is 0.826. The van der Waals surface area contributed by atoms with Crippen LogP contribution in [-0.4, -0.2) is 34.3 Å². The van der Waals surface area contributed by atoms with Crippen molar-refractivity contribution < 1.29 is 23.8 Å². The van der Waals surface area contributed by atoms with E-state index in [0.717, 1.165) is 16.7 Å². The Morgan fingerprint density at radius 3 is 2.44 bits per heavy atom. The number of hydrogen-bond donors (Lipinski definition) is 1. The third kappa shape index (κ3) is 4.19. The van der Waals surface area contributed by atoms with Crippen molar-refractivity contribution in [3.8, 4) is 11.5 Å². The van der Waals surface area contributed by atoms with E-state index in [4.69, 9.17) is 4.74 Å². The molecule has 0 aliphatic carbocycles. The maximum absolute atomic E-state index is 12.8. The zero-order valence-electron chi connectivity index (χ0n) is 13.0. The molecule has 0 saturated carbocycles. The van der Waals surface area contributed by atoms with Gasteiger partial charge in [0.1, 0.15) is 23.9 Å². The number of nitrogens with zero attached hydrogens (tertiary/aromatic N) is 1. The highest BCUT2D eigenvalue weighted by Crippen LogP contribution is 2.32. The number of imide groups is 1. The first-order chi connectivity index (χ1) is 12.0. The van der Waals surface area contributed by atoms with Crippen LogP contribution in [0.25, 0.3) is 6.08 Å². The van der Waals surface area contributed by atoms with Gasteiger partial charge in [0.05, 0.1) is 11.4 Å². The molecule has 2 aromatic carbocycles. The second-order valence-electron chi connectivity index (χ2n) is 5.23.